The van der Waals surface area contributed by atoms with Gasteiger partial charge in [0.15, 0.2) is 5.65 Å². The molecule has 6 nitrogen and oxygen atoms in total. The van der Waals surface area contributed by atoms with Crippen molar-refractivity contribution in [2.75, 3.05) is 18.0 Å². The van der Waals surface area contributed by atoms with E-state index in [4.69, 9.17) is 33.7 Å². The lowest BCUT2D eigenvalue weighted by Gasteiger charge is -2.37. The van der Waals surface area contributed by atoms with E-state index in [-0.39, 0.29) is 5.54 Å². The molecule has 0 saturated carbocycles. The molecule has 0 radical (unpaired) electrons. The van der Waals surface area contributed by atoms with Gasteiger partial charge in [-0.1, -0.05) is 29.3 Å². The molecule has 4 rings (SSSR count). The molecular weight excluding hydrogens is 385 g/mol. The van der Waals surface area contributed by atoms with Crippen molar-refractivity contribution in [1.82, 2.24) is 15.0 Å². The number of nitrogens with zero attached hydrogens (tertiary/aromatic N) is 4. The zero-order chi connectivity index (χ0) is 19.0. The highest BCUT2D eigenvalue weighted by atomic mass is 35.5. The summed E-state index contributed by atoms with van der Waals surface area (Å²) in [7, 11) is 0. The van der Waals surface area contributed by atoms with Crippen LogP contribution in [0.4, 0.5) is 5.82 Å². The van der Waals surface area contributed by atoms with Crippen molar-refractivity contribution in [3.8, 4) is 11.6 Å². The second kappa shape index (κ2) is 7.11. The molecule has 1 aliphatic heterocycles. The molecule has 1 aliphatic rings. The minimum absolute atomic E-state index is 0.101. The third kappa shape index (κ3) is 3.93. The molecule has 0 unspecified atom stereocenters. The van der Waals surface area contributed by atoms with E-state index in [1.807, 2.05) is 6.07 Å². The third-order valence-electron chi connectivity index (χ3n) is 4.73. The van der Waals surface area contributed by atoms with Gasteiger partial charge in [0.1, 0.15) is 22.1 Å². The van der Waals surface area contributed by atoms with Crippen LogP contribution in [0.2, 0.25) is 10.0 Å². The van der Waals surface area contributed by atoms with E-state index >= 15 is 0 Å². The molecule has 1 saturated heterocycles. The van der Waals surface area contributed by atoms with Gasteiger partial charge in [0.2, 0.25) is 5.88 Å². The zero-order valence-electron chi connectivity index (χ0n) is 14.8. The minimum Gasteiger partial charge on any atom is -0.437 e. The van der Waals surface area contributed by atoms with Gasteiger partial charge in [-0.15, -0.1) is 0 Å². The van der Waals surface area contributed by atoms with Gasteiger partial charge in [0.05, 0.1) is 11.2 Å². The molecule has 3 heterocycles. The molecule has 1 fully saturated rings. The highest BCUT2D eigenvalue weighted by molar-refractivity contribution is 6.42. The number of benzene rings is 1. The van der Waals surface area contributed by atoms with Gasteiger partial charge in [-0.3, -0.25) is 0 Å². The predicted molar refractivity (Wildman–Crippen MR) is 108 cm³/mol. The number of rotatable bonds is 3. The van der Waals surface area contributed by atoms with Crippen LogP contribution in [0.15, 0.2) is 36.5 Å². The predicted octanol–water partition coefficient (Wildman–Crippen LogP) is 4.44. The van der Waals surface area contributed by atoms with E-state index in [2.05, 4.69) is 26.8 Å². The Bertz CT molecular complexity index is 985. The van der Waals surface area contributed by atoms with Crippen molar-refractivity contribution in [1.29, 1.82) is 0 Å². The van der Waals surface area contributed by atoms with Gasteiger partial charge in [-0.25, -0.2) is 9.97 Å². The first-order chi connectivity index (χ1) is 12.9. The number of fused-ring (bicyclic) bond motifs is 1. The molecule has 0 atom stereocenters. The van der Waals surface area contributed by atoms with E-state index in [9.17, 15) is 0 Å². The summed E-state index contributed by atoms with van der Waals surface area (Å²) >= 11 is 12.2. The number of ether oxygens (including phenoxy) is 1. The molecule has 140 valence electrons. The second-order valence-corrected chi connectivity index (χ2v) is 7.80. The van der Waals surface area contributed by atoms with Gasteiger partial charge >= 0.3 is 0 Å². The summed E-state index contributed by atoms with van der Waals surface area (Å²) in [5.74, 6) is 1.66. The van der Waals surface area contributed by atoms with Crippen molar-refractivity contribution < 1.29 is 4.74 Å². The summed E-state index contributed by atoms with van der Waals surface area (Å²) in [4.78, 5) is 15.8. The molecule has 27 heavy (non-hydrogen) atoms. The molecule has 2 aromatic heterocycles. The molecule has 0 amide bonds. The molecule has 0 aliphatic carbocycles. The zero-order valence-corrected chi connectivity index (χ0v) is 16.3. The summed E-state index contributed by atoms with van der Waals surface area (Å²) in [5, 5.41) is 0.772. The van der Waals surface area contributed by atoms with Gasteiger partial charge in [0.25, 0.3) is 0 Å². The Hall–Kier alpha value is -2.15. The summed E-state index contributed by atoms with van der Waals surface area (Å²) in [6.07, 6.45) is 3.60. The maximum Gasteiger partial charge on any atom is 0.221 e. The number of hydrogen-bond donors (Lipinski definition) is 1. The standard InChI is InChI=1S/C19H19Cl2N5O/c1-19(22)7-9-26(10-8-19)15-11-23-18-13(24-15)5-6-16(25-18)27-14-4-2-3-12(20)17(14)21/h2-6,11H,7-10,22H2,1H3. The van der Waals surface area contributed by atoms with Crippen LogP contribution < -0.4 is 15.4 Å². The SMILES string of the molecule is CC1(N)CCN(c2cnc3nc(Oc4cccc(Cl)c4Cl)ccc3n2)CC1. The van der Waals surface area contributed by atoms with Gasteiger partial charge in [-0.05, 0) is 38.0 Å². The van der Waals surface area contributed by atoms with Gasteiger partial charge in [-0.2, -0.15) is 4.98 Å². The molecule has 2 N–H and O–H groups in total. The lowest BCUT2D eigenvalue weighted by atomic mass is 9.91. The van der Waals surface area contributed by atoms with Crippen LogP contribution in [0.3, 0.4) is 0 Å². The van der Waals surface area contributed by atoms with Crippen LogP contribution in [0.5, 0.6) is 11.6 Å². The lowest BCUT2D eigenvalue weighted by Crippen LogP contribution is -2.48. The first-order valence-electron chi connectivity index (χ1n) is 8.71. The summed E-state index contributed by atoms with van der Waals surface area (Å²) in [5.41, 5.74) is 7.32. The quantitative estimate of drug-likeness (QED) is 0.696. The van der Waals surface area contributed by atoms with Crippen LogP contribution in [0, 0.1) is 0 Å². The number of pyridine rings is 1. The van der Waals surface area contributed by atoms with E-state index in [1.165, 1.54) is 0 Å². The summed E-state index contributed by atoms with van der Waals surface area (Å²) in [6, 6.07) is 8.78. The maximum atomic E-state index is 6.20. The highest BCUT2D eigenvalue weighted by Gasteiger charge is 2.26. The Labute approximate surface area is 167 Å². The van der Waals surface area contributed by atoms with Crippen molar-refractivity contribution >= 4 is 40.2 Å². The van der Waals surface area contributed by atoms with E-state index in [1.54, 1.807) is 30.5 Å². The Morgan fingerprint density at radius 3 is 2.67 bits per heavy atom. The number of anilines is 1. The third-order valence-corrected chi connectivity index (χ3v) is 5.53. The molecule has 1 aromatic carbocycles. The fourth-order valence-corrected chi connectivity index (χ4v) is 3.34. The van der Waals surface area contributed by atoms with Gasteiger partial charge in [0, 0.05) is 24.7 Å². The van der Waals surface area contributed by atoms with Crippen LogP contribution in [-0.2, 0) is 0 Å². The molecular formula is C19H19Cl2N5O. The lowest BCUT2D eigenvalue weighted by molar-refractivity contribution is 0.363. The Kier molecular flexibility index (Phi) is 4.80. The van der Waals surface area contributed by atoms with E-state index in [0.717, 1.165) is 31.7 Å². The van der Waals surface area contributed by atoms with Crippen LogP contribution >= 0.6 is 23.2 Å². The summed E-state index contributed by atoms with van der Waals surface area (Å²) < 4.78 is 5.75. The highest BCUT2D eigenvalue weighted by Crippen LogP contribution is 2.34. The first-order valence-corrected chi connectivity index (χ1v) is 9.46. The number of halogens is 2. The van der Waals surface area contributed by atoms with E-state index in [0.29, 0.717) is 32.8 Å². The van der Waals surface area contributed by atoms with E-state index < -0.39 is 0 Å². The summed E-state index contributed by atoms with van der Waals surface area (Å²) in [6.45, 7) is 3.83. The average molecular weight is 404 g/mol. The van der Waals surface area contributed by atoms with Crippen LogP contribution in [-0.4, -0.2) is 33.6 Å². The smallest absolute Gasteiger partial charge is 0.221 e. The second-order valence-electron chi connectivity index (χ2n) is 7.02. The monoisotopic (exact) mass is 403 g/mol. The van der Waals surface area contributed by atoms with Gasteiger partial charge < -0.3 is 15.4 Å². The Morgan fingerprint density at radius 1 is 1.11 bits per heavy atom. The largest absolute Gasteiger partial charge is 0.437 e. The number of piperidine rings is 1. The molecule has 0 bridgehead atoms. The number of aromatic nitrogens is 3. The Morgan fingerprint density at radius 2 is 1.89 bits per heavy atom. The van der Waals surface area contributed by atoms with Crippen LogP contribution in [0.25, 0.3) is 11.2 Å². The molecule has 3 aromatic rings. The van der Waals surface area contributed by atoms with Crippen LogP contribution in [0.1, 0.15) is 19.8 Å². The maximum absolute atomic E-state index is 6.20. The van der Waals surface area contributed by atoms with Crippen molar-refractivity contribution in [2.24, 2.45) is 5.73 Å². The molecule has 8 heteroatoms. The Balaban J connectivity index is 1.56. The van der Waals surface area contributed by atoms with Crippen molar-refractivity contribution in [2.45, 2.75) is 25.3 Å². The number of nitrogens with two attached hydrogens (primary N) is 1. The minimum atomic E-state index is -0.101. The normalized spacial score (nSPS) is 16.5. The fraction of sp³-hybridized carbons (Fsp3) is 0.316. The van der Waals surface area contributed by atoms with Crippen molar-refractivity contribution in [3.05, 3.63) is 46.6 Å². The average Bonchev–Trinajstić information content (AvgIpc) is 2.65. The fourth-order valence-electron chi connectivity index (χ4n) is 3.01. The first kappa shape index (κ1) is 18.2. The molecule has 0 spiro atoms. The number of hydrogen-bond acceptors (Lipinski definition) is 6. The van der Waals surface area contributed by atoms with Crippen molar-refractivity contribution in [3.63, 3.8) is 0 Å². The topological polar surface area (TPSA) is 77.2 Å².